The molecule has 0 spiro atoms. The van der Waals surface area contributed by atoms with Gasteiger partial charge in [0, 0.05) is 16.7 Å². The number of nitrogens with zero attached hydrogens (tertiary/aromatic N) is 2. The van der Waals surface area contributed by atoms with E-state index in [0.29, 0.717) is 0 Å². The number of aromatic nitrogens is 2. The average molecular weight is 613 g/mol. The maximum atomic E-state index is 5.11. The van der Waals surface area contributed by atoms with E-state index in [1.807, 2.05) is 0 Å². The van der Waals surface area contributed by atoms with Gasteiger partial charge in [-0.1, -0.05) is 141 Å². The minimum atomic E-state index is -0.189. The fourth-order valence-electron chi connectivity index (χ4n) is 8.44. The number of rotatable bonds is 3. The van der Waals surface area contributed by atoms with Crippen LogP contribution >= 0.6 is 0 Å². The molecule has 1 heterocycles. The summed E-state index contributed by atoms with van der Waals surface area (Å²) in [4.78, 5) is 5.11. The number of hydrogen-bond donors (Lipinski definition) is 0. The summed E-state index contributed by atoms with van der Waals surface area (Å²) in [7, 11) is 0. The first-order valence-corrected chi connectivity index (χ1v) is 16.7. The lowest BCUT2D eigenvalue weighted by Crippen LogP contribution is -2.16. The predicted octanol–water partition coefficient (Wildman–Crippen LogP) is 12.1. The summed E-state index contributed by atoms with van der Waals surface area (Å²) in [5.74, 6) is 0.947. The molecule has 0 saturated carbocycles. The van der Waals surface area contributed by atoms with E-state index in [4.69, 9.17) is 4.98 Å². The van der Waals surface area contributed by atoms with Crippen LogP contribution in [0, 0.1) is 0 Å². The summed E-state index contributed by atoms with van der Waals surface area (Å²) in [5, 5.41) is 7.90. The molecule has 1 aromatic heterocycles. The molecule has 9 aromatic rings. The first kappa shape index (κ1) is 27.2. The lowest BCUT2D eigenvalue weighted by molar-refractivity contribution is 0.667. The van der Waals surface area contributed by atoms with Gasteiger partial charge in [-0.2, -0.15) is 0 Å². The van der Waals surface area contributed by atoms with Crippen molar-refractivity contribution in [3.05, 3.63) is 169 Å². The molecule has 226 valence electrons. The number of para-hydroxylation sites is 2. The van der Waals surface area contributed by atoms with Crippen LogP contribution in [0.5, 0.6) is 0 Å². The largest absolute Gasteiger partial charge is 0.292 e. The molecule has 1 aliphatic rings. The molecule has 0 bridgehead atoms. The molecule has 0 aliphatic heterocycles. The Kier molecular flexibility index (Phi) is 5.66. The Morgan fingerprint density at radius 2 is 1.06 bits per heavy atom. The summed E-state index contributed by atoms with van der Waals surface area (Å²) >= 11 is 0. The first-order valence-electron chi connectivity index (χ1n) is 16.7. The number of imidazole rings is 1. The predicted molar refractivity (Wildman–Crippen MR) is 202 cm³/mol. The second-order valence-electron chi connectivity index (χ2n) is 13.5. The summed E-state index contributed by atoms with van der Waals surface area (Å²) in [5.41, 5.74) is 12.1. The van der Waals surface area contributed by atoms with E-state index < -0.39 is 0 Å². The highest BCUT2D eigenvalue weighted by Crippen LogP contribution is 2.57. The lowest BCUT2D eigenvalue weighted by atomic mass is 9.78. The van der Waals surface area contributed by atoms with Gasteiger partial charge in [-0.15, -0.1) is 0 Å². The molecule has 8 aromatic carbocycles. The van der Waals surface area contributed by atoms with Crippen LogP contribution in [0.3, 0.4) is 0 Å². The molecular formula is C46H32N2. The molecule has 0 unspecified atom stereocenters. The fourth-order valence-corrected chi connectivity index (χ4v) is 8.44. The van der Waals surface area contributed by atoms with Crippen molar-refractivity contribution in [1.82, 2.24) is 9.55 Å². The summed E-state index contributed by atoms with van der Waals surface area (Å²) < 4.78 is 2.31. The van der Waals surface area contributed by atoms with Crippen LogP contribution in [0.15, 0.2) is 158 Å². The normalized spacial score (nSPS) is 13.4. The monoisotopic (exact) mass is 612 g/mol. The maximum absolute atomic E-state index is 5.11. The number of benzene rings is 8. The quantitative estimate of drug-likeness (QED) is 0.182. The van der Waals surface area contributed by atoms with Gasteiger partial charge >= 0.3 is 0 Å². The topological polar surface area (TPSA) is 17.8 Å². The zero-order valence-corrected chi connectivity index (χ0v) is 26.9. The van der Waals surface area contributed by atoms with E-state index in [9.17, 15) is 0 Å². The molecule has 2 heteroatoms. The lowest BCUT2D eigenvalue weighted by Gasteiger charge is -2.25. The standard InChI is InChI=1S/C46H32N2/c1-46(2)39-28-38(30-17-14-18-31(27-30)48-41-26-13-12-25-40(41)47-45(48)29-15-4-3-5-16-29)34-21-7-9-22-35(34)42(39)43-36-23-10-6-19-32(36)33-20-8-11-24-37(33)44(43)46/h3-28H,1-2H3. The zero-order valence-electron chi connectivity index (χ0n) is 26.9. The minimum absolute atomic E-state index is 0.189. The first-order chi connectivity index (χ1) is 23.6. The Bertz CT molecular complexity index is 2750. The van der Waals surface area contributed by atoms with Gasteiger partial charge in [0.2, 0.25) is 0 Å². The van der Waals surface area contributed by atoms with E-state index in [2.05, 4.69) is 176 Å². The summed E-state index contributed by atoms with van der Waals surface area (Å²) in [6, 6.07) is 57.4. The molecule has 0 fully saturated rings. The van der Waals surface area contributed by atoms with Crippen molar-refractivity contribution in [3.63, 3.8) is 0 Å². The van der Waals surface area contributed by atoms with E-state index in [0.717, 1.165) is 28.1 Å². The van der Waals surface area contributed by atoms with Crippen molar-refractivity contribution in [1.29, 1.82) is 0 Å². The van der Waals surface area contributed by atoms with Gasteiger partial charge in [-0.05, 0) is 96.0 Å². The molecule has 1 aliphatic carbocycles. The van der Waals surface area contributed by atoms with E-state index in [1.165, 1.54) is 65.7 Å². The molecular weight excluding hydrogens is 581 g/mol. The summed E-state index contributed by atoms with van der Waals surface area (Å²) in [6.45, 7) is 4.83. The Morgan fingerprint density at radius 1 is 0.479 bits per heavy atom. The molecule has 0 amide bonds. The summed E-state index contributed by atoms with van der Waals surface area (Å²) in [6.07, 6.45) is 0. The minimum Gasteiger partial charge on any atom is -0.292 e. The van der Waals surface area contributed by atoms with Crippen molar-refractivity contribution >= 4 is 43.4 Å². The molecule has 10 rings (SSSR count). The highest BCUT2D eigenvalue weighted by atomic mass is 15.1. The molecule has 2 nitrogen and oxygen atoms in total. The van der Waals surface area contributed by atoms with Crippen molar-refractivity contribution in [2.24, 2.45) is 0 Å². The van der Waals surface area contributed by atoms with Crippen LogP contribution in [-0.2, 0) is 5.41 Å². The molecule has 48 heavy (non-hydrogen) atoms. The molecule has 0 saturated heterocycles. The SMILES string of the molecule is CC1(C)c2cc(-c3cccc(-n4c(-c5ccccc5)nc5ccccc54)c3)c3ccccc3c2-c2c1c1ccccc1c1ccccc21. The van der Waals surface area contributed by atoms with Crippen LogP contribution < -0.4 is 0 Å². The third-order valence-corrected chi connectivity index (χ3v) is 10.5. The zero-order chi connectivity index (χ0) is 32.0. The smallest absolute Gasteiger partial charge is 0.145 e. The van der Waals surface area contributed by atoms with Gasteiger partial charge in [0.1, 0.15) is 5.82 Å². The van der Waals surface area contributed by atoms with Gasteiger partial charge in [-0.25, -0.2) is 4.98 Å². The Balaban J connectivity index is 1.26. The van der Waals surface area contributed by atoms with Crippen molar-refractivity contribution < 1.29 is 0 Å². The molecule has 0 radical (unpaired) electrons. The number of hydrogen-bond acceptors (Lipinski definition) is 1. The van der Waals surface area contributed by atoms with Gasteiger partial charge in [0.15, 0.2) is 0 Å². The maximum Gasteiger partial charge on any atom is 0.145 e. The fraction of sp³-hybridized carbons (Fsp3) is 0.0652. The van der Waals surface area contributed by atoms with Crippen molar-refractivity contribution in [2.75, 3.05) is 0 Å². The Labute approximate surface area is 279 Å². The molecule has 0 N–H and O–H groups in total. The van der Waals surface area contributed by atoms with Crippen LogP contribution in [0.2, 0.25) is 0 Å². The van der Waals surface area contributed by atoms with Crippen LogP contribution in [-0.4, -0.2) is 9.55 Å². The van der Waals surface area contributed by atoms with E-state index >= 15 is 0 Å². The third-order valence-electron chi connectivity index (χ3n) is 10.5. The van der Waals surface area contributed by atoms with E-state index in [1.54, 1.807) is 0 Å². The van der Waals surface area contributed by atoms with Gasteiger partial charge < -0.3 is 0 Å². The number of fused-ring (bicyclic) bond motifs is 11. The van der Waals surface area contributed by atoms with Crippen molar-refractivity contribution in [2.45, 2.75) is 19.3 Å². The Morgan fingerprint density at radius 3 is 1.83 bits per heavy atom. The van der Waals surface area contributed by atoms with Crippen molar-refractivity contribution in [3.8, 4) is 39.3 Å². The Hall–Kier alpha value is -5.99. The second kappa shape index (κ2) is 10.0. The van der Waals surface area contributed by atoms with E-state index in [-0.39, 0.29) is 5.41 Å². The molecule has 0 atom stereocenters. The highest BCUT2D eigenvalue weighted by Gasteiger charge is 2.40. The van der Waals surface area contributed by atoms with Crippen LogP contribution in [0.4, 0.5) is 0 Å². The van der Waals surface area contributed by atoms with Gasteiger partial charge in [0.25, 0.3) is 0 Å². The van der Waals surface area contributed by atoms with Crippen LogP contribution in [0.1, 0.15) is 25.0 Å². The van der Waals surface area contributed by atoms with Crippen LogP contribution in [0.25, 0.3) is 82.7 Å². The van der Waals surface area contributed by atoms with Gasteiger partial charge in [0.05, 0.1) is 11.0 Å². The highest BCUT2D eigenvalue weighted by molar-refractivity contribution is 6.22. The average Bonchev–Trinajstić information content (AvgIpc) is 3.65. The second-order valence-corrected chi connectivity index (χ2v) is 13.5. The third kappa shape index (κ3) is 3.72. The van der Waals surface area contributed by atoms with Gasteiger partial charge in [-0.3, -0.25) is 4.57 Å².